The predicted octanol–water partition coefficient (Wildman–Crippen LogP) is 5.66. The number of halogens is 3. The molecular weight excluding hydrogens is 452 g/mol. The topological polar surface area (TPSA) is 0 Å². The Morgan fingerprint density at radius 3 is 1.94 bits per heavy atom. The molecule has 0 amide bonds. The molecule has 100 valence electrons. The van der Waals surface area contributed by atoms with Crippen LogP contribution in [-0.4, -0.2) is 5.33 Å². The van der Waals surface area contributed by atoms with Gasteiger partial charge in [0.25, 0.3) is 0 Å². The van der Waals surface area contributed by atoms with Crippen molar-refractivity contribution in [3.8, 4) is 0 Å². The molecule has 0 heterocycles. The molecule has 2 aromatic carbocycles. The molecule has 0 nitrogen and oxygen atoms in total. The molecule has 0 aromatic heterocycles. The molecule has 2 aromatic rings. The normalized spacial score (nSPS) is 9.12. The van der Waals surface area contributed by atoms with Crippen LogP contribution in [0.25, 0.3) is 0 Å². The quantitative estimate of drug-likeness (QED) is 0.312. The molecule has 0 bridgehead atoms. The van der Waals surface area contributed by atoms with E-state index in [1.807, 2.05) is 30.3 Å². The summed E-state index contributed by atoms with van der Waals surface area (Å²) in [6.07, 6.45) is 2.33. The maximum absolute atomic E-state index is 3.52. The van der Waals surface area contributed by atoms with Gasteiger partial charge in [0.2, 0.25) is 0 Å². The van der Waals surface area contributed by atoms with Crippen LogP contribution in [0.4, 0.5) is 0 Å². The summed E-state index contributed by atoms with van der Waals surface area (Å²) in [7, 11) is 0. The van der Waals surface area contributed by atoms with Crippen molar-refractivity contribution in [1.82, 2.24) is 0 Å². The van der Waals surface area contributed by atoms with Crippen molar-refractivity contribution in [1.29, 1.82) is 0 Å². The van der Waals surface area contributed by atoms with Crippen LogP contribution in [0.5, 0.6) is 0 Å². The van der Waals surface area contributed by atoms with E-state index >= 15 is 0 Å². The van der Waals surface area contributed by atoms with Crippen LogP contribution in [0.3, 0.4) is 0 Å². The largest absolute Gasteiger partial charge is 0.748 e. The van der Waals surface area contributed by atoms with E-state index in [4.69, 9.17) is 0 Å². The molecule has 0 atom stereocenters. The Balaban J connectivity index is 0.000000360. The molecule has 0 N–H and O–H groups in total. The standard InChI is InChI=1S/C8H8Br3.C5H5.Fe/c9-5-1-2-6-3-4-7(10)8(6)11;1-2-4-5-3-1;/h3-4H,1-2,5H2;1-5H;/q-1;-5;. The van der Waals surface area contributed by atoms with Crippen LogP contribution in [-0.2, 0) is 23.5 Å². The van der Waals surface area contributed by atoms with E-state index in [1.54, 1.807) is 0 Å². The first kappa shape index (κ1) is 17.7. The maximum atomic E-state index is 3.52. The van der Waals surface area contributed by atoms with E-state index in [-0.39, 0.29) is 17.1 Å². The molecule has 0 saturated heterocycles. The summed E-state index contributed by atoms with van der Waals surface area (Å²) in [5, 5.41) is 1.07. The van der Waals surface area contributed by atoms with E-state index in [0.29, 0.717) is 0 Å². The van der Waals surface area contributed by atoms with Gasteiger partial charge in [0.15, 0.2) is 0 Å². The SMILES string of the molecule is BrCCC[c-]1ccc(Br)c1Br.[Fe].[cH-]1[cH-][cH-][cH-][cH-]1. The van der Waals surface area contributed by atoms with E-state index < -0.39 is 0 Å². The first-order chi connectivity index (χ1) is 7.75. The summed E-state index contributed by atoms with van der Waals surface area (Å²) < 4.78 is 2.36. The monoisotopic (exact) mass is 462 g/mol. The second-order valence-electron chi connectivity index (χ2n) is 3.28. The maximum Gasteiger partial charge on any atom is 0.00247 e. The molecule has 0 spiro atoms. The van der Waals surface area contributed by atoms with Crippen molar-refractivity contribution >= 4 is 47.8 Å². The summed E-state index contributed by atoms with van der Waals surface area (Å²) in [6, 6.07) is 14.2. The van der Waals surface area contributed by atoms with E-state index in [9.17, 15) is 0 Å². The Morgan fingerprint density at radius 2 is 1.59 bits per heavy atom. The van der Waals surface area contributed by atoms with Gasteiger partial charge in [-0.3, -0.25) is 0 Å². The van der Waals surface area contributed by atoms with E-state index in [1.165, 1.54) is 16.5 Å². The summed E-state index contributed by atoms with van der Waals surface area (Å²) in [6.45, 7) is 0. The number of hydrogen-bond acceptors (Lipinski definition) is 0. The fourth-order valence-corrected chi connectivity index (χ4v) is 2.37. The van der Waals surface area contributed by atoms with Gasteiger partial charge in [0.05, 0.1) is 0 Å². The molecule has 0 unspecified atom stereocenters. The third-order valence-electron chi connectivity index (χ3n) is 2.06. The molecule has 0 aliphatic heterocycles. The minimum Gasteiger partial charge on any atom is -0.748 e. The first-order valence-electron chi connectivity index (χ1n) is 5.08. The Morgan fingerprint density at radius 1 is 1.06 bits per heavy atom. The summed E-state index contributed by atoms with van der Waals surface area (Å²) >= 11 is 10.4. The fourth-order valence-electron chi connectivity index (χ4n) is 1.24. The van der Waals surface area contributed by atoms with E-state index in [2.05, 4.69) is 59.9 Å². The van der Waals surface area contributed by atoms with Gasteiger partial charge in [-0.05, 0) is 6.42 Å². The summed E-state index contributed by atoms with van der Waals surface area (Å²) in [5.74, 6) is 0. The number of hydrogen-bond donors (Lipinski definition) is 0. The van der Waals surface area contributed by atoms with Gasteiger partial charge in [-0.2, -0.15) is 12.1 Å². The smallest absolute Gasteiger partial charge is 0.00247 e. The van der Waals surface area contributed by atoms with Crippen LogP contribution in [0, 0.1) is 0 Å². The molecule has 0 aliphatic carbocycles. The number of alkyl halides is 1. The molecule has 2 rings (SSSR count). The Hall–Kier alpha value is 0.659. The molecule has 17 heavy (non-hydrogen) atoms. The second-order valence-corrected chi connectivity index (χ2v) is 5.72. The third kappa shape index (κ3) is 6.97. The van der Waals surface area contributed by atoms with Crippen molar-refractivity contribution in [2.75, 3.05) is 5.33 Å². The zero-order chi connectivity index (χ0) is 11.8. The van der Waals surface area contributed by atoms with Crippen molar-refractivity contribution in [2.45, 2.75) is 12.8 Å². The van der Waals surface area contributed by atoms with Gasteiger partial charge in [0, 0.05) is 22.4 Å². The minimum absolute atomic E-state index is 0. The van der Waals surface area contributed by atoms with Gasteiger partial charge in [-0.15, -0.1) is 26.0 Å². The van der Waals surface area contributed by atoms with E-state index in [0.717, 1.165) is 16.2 Å². The van der Waals surface area contributed by atoms with Gasteiger partial charge in [0.1, 0.15) is 0 Å². The molecular formula is C13H13Br3Fe-6. The second kappa shape index (κ2) is 10.6. The Kier molecular flexibility index (Phi) is 11.0. The third-order valence-corrected chi connectivity index (χ3v) is 4.75. The Bertz CT molecular complexity index is 362. The van der Waals surface area contributed by atoms with Crippen LogP contribution >= 0.6 is 47.8 Å². The molecule has 0 saturated carbocycles. The van der Waals surface area contributed by atoms with Gasteiger partial charge >= 0.3 is 0 Å². The Labute approximate surface area is 139 Å². The summed E-state index contributed by atoms with van der Waals surface area (Å²) in [5.41, 5.74) is 1.39. The van der Waals surface area contributed by atoms with Gasteiger partial charge in [-0.25, -0.2) is 0 Å². The van der Waals surface area contributed by atoms with Crippen molar-refractivity contribution in [3.05, 3.63) is 57.0 Å². The number of aryl methyl sites for hydroxylation is 1. The van der Waals surface area contributed by atoms with Crippen molar-refractivity contribution in [3.63, 3.8) is 0 Å². The van der Waals surface area contributed by atoms with Crippen LogP contribution < -0.4 is 0 Å². The molecule has 0 fully saturated rings. The zero-order valence-electron chi connectivity index (χ0n) is 9.15. The van der Waals surface area contributed by atoms with Gasteiger partial charge in [-0.1, -0.05) is 42.8 Å². The van der Waals surface area contributed by atoms with Crippen molar-refractivity contribution < 1.29 is 17.1 Å². The predicted molar refractivity (Wildman–Crippen MR) is 81.6 cm³/mol. The van der Waals surface area contributed by atoms with Crippen molar-refractivity contribution in [2.24, 2.45) is 0 Å². The average Bonchev–Trinajstić information content (AvgIpc) is 2.93. The molecule has 0 radical (unpaired) electrons. The molecule has 4 heteroatoms. The van der Waals surface area contributed by atoms with Crippen LogP contribution in [0.15, 0.2) is 51.4 Å². The summed E-state index contributed by atoms with van der Waals surface area (Å²) in [4.78, 5) is 0. The van der Waals surface area contributed by atoms with Crippen LogP contribution in [0.1, 0.15) is 12.0 Å². The molecule has 0 aliphatic rings. The minimum atomic E-state index is 0. The van der Waals surface area contributed by atoms with Crippen LogP contribution in [0.2, 0.25) is 0 Å². The zero-order valence-corrected chi connectivity index (χ0v) is 15.0. The average molecular weight is 465 g/mol. The van der Waals surface area contributed by atoms with Gasteiger partial charge < -0.3 is 30.3 Å². The number of rotatable bonds is 3. The fraction of sp³-hybridized carbons (Fsp3) is 0.231. The first-order valence-corrected chi connectivity index (χ1v) is 7.78.